The van der Waals surface area contributed by atoms with E-state index in [4.69, 9.17) is 0 Å². The molecule has 6 radical (unpaired) electrons. The zero-order valence-electron chi connectivity index (χ0n) is 13.6. The van der Waals surface area contributed by atoms with Crippen LogP contribution in [0.15, 0.2) is 0 Å². The maximum atomic E-state index is 0. The molecule has 0 aromatic carbocycles. The molecule has 0 saturated carbocycles. The predicted molar refractivity (Wildman–Crippen MR) is 64.1 cm³/mol. The van der Waals surface area contributed by atoms with Crippen LogP contribution < -0.4 is 0 Å². The van der Waals surface area contributed by atoms with Crippen LogP contribution in [0, 0.1) is 74.3 Å². The Balaban J connectivity index is 0. The molecule has 0 unspecified atom stereocenters. The number of hydrogen-bond acceptors (Lipinski definition) is 0. The maximum absolute atomic E-state index is 0. The van der Waals surface area contributed by atoms with Gasteiger partial charge in [0.1, 0.15) is 0 Å². The molecule has 0 aromatic heterocycles. The van der Waals surface area contributed by atoms with E-state index in [0.29, 0.717) is 0 Å². The van der Waals surface area contributed by atoms with E-state index in [1.165, 1.54) is 0 Å². The summed E-state index contributed by atoms with van der Waals surface area (Å²) in [5, 5.41) is 0. The quantitative estimate of drug-likeness (QED) is 0.249. The second kappa shape index (κ2) is 482. The molecular weight excluding hydrogens is 883 g/mol. The molecule has 0 aliphatic carbocycles. The Morgan fingerprint density at radius 3 is 0.182 bits per heavy atom. The smallest absolute Gasteiger partial charge is 0.358 e. The molecule has 12 heteroatoms. The largest absolute Gasteiger partial charge is 2.00 e. The molecule has 0 bridgehead atoms. The summed E-state index contributed by atoms with van der Waals surface area (Å²) in [7, 11) is 0. The van der Waals surface area contributed by atoms with Crippen LogP contribution in [0.1, 0.15) is 0 Å². The van der Waals surface area contributed by atoms with E-state index in [9.17, 15) is 0 Å². The molecule has 0 heterocycles. The summed E-state index contributed by atoms with van der Waals surface area (Å²) in [5.74, 6) is 0. The minimum absolute atomic E-state index is 0. The van der Waals surface area contributed by atoms with Crippen LogP contribution in [0.25, 0.3) is 0 Å². The van der Waals surface area contributed by atoms with E-state index in [-0.39, 0.29) is 279 Å². The number of hydrogen-bond donors (Lipinski definition) is 0. The van der Waals surface area contributed by atoms with Crippen molar-refractivity contribution in [1.29, 1.82) is 0 Å². The van der Waals surface area contributed by atoms with Crippen molar-refractivity contribution in [3.8, 4) is 0 Å². The van der Waals surface area contributed by atoms with Crippen LogP contribution >= 0.6 is 0 Å². The Bertz CT molecular complexity index is 21.9. The third-order valence-corrected chi connectivity index (χ3v) is 0. The summed E-state index contributed by atoms with van der Waals surface area (Å²) in [5.41, 5.74) is 0. The topological polar surface area (TPSA) is 0 Å². The average Bonchev–Trinajstić information content (AvgIpc) is 0. The zero-order valence-corrected chi connectivity index (χ0v) is 24.9. The molecule has 0 nitrogen and oxygen atoms in total. The molecule has 0 aliphatic heterocycles. The first-order valence-corrected chi connectivity index (χ1v) is 0. The van der Waals surface area contributed by atoms with E-state index < -0.39 is 0 Å². The first-order chi connectivity index (χ1) is 0. The predicted octanol–water partition coefficient (Wildman–Crippen LogP) is 4.47. The second-order valence-electron chi connectivity index (χ2n) is 0. The summed E-state index contributed by atoms with van der Waals surface area (Å²) < 4.78 is 0. The Kier molecular flexibility index (Phi) is 11800. The summed E-state index contributed by atoms with van der Waals surface area (Å²) >= 11 is 0. The van der Waals surface area contributed by atoms with Crippen molar-refractivity contribution < 1.29 is 205 Å². The normalized spacial score (nSPS) is 0. The third-order valence-electron chi connectivity index (χ3n) is 0. The standard InChI is InChI=1S/10CH3.12Cu/h10*1H3;;;;;;;;;;;;/q10*-1;;;;;6*+1;2*+2. The molecule has 22 heavy (non-hydrogen) atoms. The van der Waals surface area contributed by atoms with Gasteiger partial charge in [-0.25, -0.2) is 0 Å². The van der Waals surface area contributed by atoms with Crippen molar-refractivity contribution >= 4 is 0 Å². The van der Waals surface area contributed by atoms with Gasteiger partial charge in [0.05, 0.1) is 0 Å². The van der Waals surface area contributed by atoms with Gasteiger partial charge in [-0.3, -0.25) is 0 Å². The Labute approximate surface area is 274 Å². The molecule has 0 aromatic rings. The van der Waals surface area contributed by atoms with Crippen LogP contribution in [0.4, 0.5) is 0 Å². The zero-order chi connectivity index (χ0) is 0. The van der Waals surface area contributed by atoms with Gasteiger partial charge in [0.15, 0.2) is 0 Å². The molecule has 0 saturated heterocycles. The second-order valence-corrected chi connectivity index (χ2v) is 0. The van der Waals surface area contributed by atoms with Gasteiger partial charge >= 0.3 is 137 Å². The SMILES string of the molecule is [CH3-].[CH3-].[CH3-].[CH3-].[CH3-].[CH3-].[CH3-].[CH3-].[CH3-].[CH3-].[Cu+2].[Cu+2].[Cu+].[Cu+].[Cu+].[Cu+].[Cu+].[Cu+].[Cu].[Cu].[Cu].[Cu]. The summed E-state index contributed by atoms with van der Waals surface area (Å²) in [6, 6.07) is 0. The molecule has 0 aliphatic rings. The van der Waals surface area contributed by atoms with Gasteiger partial charge in [-0.15, -0.1) is 0 Å². The molecule has 202 valence electrons. The Morgan fingerprint density at radius 2 is 0.182 bits per heavy atom. The Hall–Kier alpha value is 6.23. The first kappa shape index (κ1) is 539. The number of rotatable bonds is 0. The molecule has 0 atom stereocenters. The average molecular weight is 913 g/mol. The monoisotopic (exact) mass is 905 g/mol. The van der Waals surface area contributed by atoms with Crippen LogP contribution in [0.5, 0.6) is 0 Å². The maximum Gasteiger partial charge on any atom is 2.00 e. The summed E-state index contributed by atoms with van der Waals surface area (Å²) in [6.45, 7) is 0. The van der Waals surface area contributed by atoms with E-state index in [2.05, 4.69) is 0 Å². The minimum atomic E-state index is 0. The van der Waals surface area contributed by atoms with Crippen molar-refractivity contribution in [3.63, 3.8) is 0 Å². The van der Waals surface area contributed by atoms with E-state index in [1.807, 2.05) is 0 Å². The van der Waals surface area contributed by atoms with Gasteiger partial charge in [0.2, 0.25) is 0 Å². The van der Waals surface area contributed by atoms with Gasteiger partial charge in [-0.2, -0.15) is 0 Å². The van der Waals surface area contributed by atoms with E-state index in [1.54, 1.807) is 0 Å². The fourth-order valence-electron chi connectivity index (χ4n) is 0. The van der Waals surface area contributed by atoms with E-state index in [0.717, 1.165) is 0 Å². The van der Waals surface area contributed by atoms with Gasteiger partial charge < -0.3 is 74.3 Å². The third kappa shape index (κ3) is 430. The van der Waals surface area contributed by atoms with Crippen LogP contribution in [0.3, 0.4) is 0 Å². The van der Waals surface area contributed by atoms with Crippen LogP contribution in [0.2, 0.25) is 0 Å². The fourth-order valence-corrected chi connectivity index (χ4v) is 0. The van der Waals surface area contributed by atoms with Crippen LogP contribution in [-0.4, -0.2) is 0 Å². The van der Waals surface area contributed by atoms with Gasteiger partial charge in [0, 0.05) is 68.3 Å². The van der Waals surface area contributed by atoms with Crippen molar-refractivity contribution in [3.05, 3.63) is 74.3 Å². The van der Waals surface area contributed by atoms with Crippen molar-refractivity contribution in [2.24, 2.45) is 0 Å². The van der Waals surface area contributed by atoms with Crippen molar-refractivity contribution in [2.45, 2.75) is 0 Å². The molecular formula is C10H30Cu12. The molecule has 0 N–H and O–H groups in total. The Morgan fingerprint density at radius 1 is 0.182 bits per heavy atom. The molecule has 0 spiro atoms. The summed E-state index contributed by atoms with van der Waals surface area (Å²) in [4.78, 5) is 0. The minimum Gasteiger partial charge on any atom is -0.358 e. The molecule has 0 fully saturated rings. The first-order valence-electron chi connectivity index (χ1n) is 0. The fraction of sp³-hybridized carbons (Fsp3) is 0. The van der Waals surface area contributed by atoms with Crippen LogP contribution in [-0.2, 0) is 205 Å². The summed E-state index contributed by atoms with van der Waals surface area (Å²) in [6.07, 6.45) is 0. The molecule has 0 amide bonds. The van der Waals surface area contributed by atoms with E-state index >= 15 is 0 Å². The molecule has 0 rings (SSSR count). The van der Waals surface area contributed by atoms with Crippen molar-refractivity contribution in [2.75, 3.05) is 0 Å². The van der Waals surface area contributed by atoms with Gasteiger partial charge in [0.25, 0.3) is 0 Å². The van der Waals surface area contributed by atoms with Gasteiger partial charge in [-0.05, 0) is 0 Å². The van der Waals surface area contributed by atoms with Gasteiger partial charge in [-0.1, -0.05) is 0 Å². The van der Waals surface area contributed by atoms with Crippen molar-refractivity contribution in [1.82, 2.24) is 0 Å².